The van der Waals surface area contributed by atoms with Crippen LogP contribution in [0.1, 0.15) is 160 Å². The zero-order valence-corrected chi connectivity index (χ0v) is 22.5. The van der Waals surface area contributed by atoms with Crippen molar-refractivity contribution in [2.45, 2.75) is 155 Å². The first-order chi connectivity index (χ1) is 16.2. The van der Waals surface area contributed by atoms with E-state index < -0.39 is 0 Å². The molecule has 0 aliphatic heterocycles. The third-order valence-electron chi connectivity index (χ3n) is 6.87. The van der Waals surface area contributed by atoms with Gasteiger partial charge in [-0.1, -0.05) is 130 Å². The molecular formula is C31H56O2. The first-order valence-corrected chi connectivity index (χ1v) is 14.7. The molecule has 1 unspecified atom stereocenters. The number of aryl methyl sites for hydroxylation is 1. The molecule has 0 bridgehead atoms. The fourth-order valence-electron chi connectivity index (χ4n) is 4.78. The maximum Gasteiger partial charge on any atom is 0.115 e. The molecule has 1 aromatic rings. The van der Waals surface area contributed by atoms with Gasteiger partial charge in [0, 0.05) is 6.61 Å². The lowest BCUT2D eigenvalue weighted by Crippen LogP contribution is -2.09. The van der Waals surface area contributed by atoms with Crippen molar-refractivity contribution in [2.24, 2.45) is 0 Å². The Labute approximate surface area is 206 Å². The Kier molecular flexibility index (Phi) is 19.6. The van der Waals surface area contributed by atoms with Crippen molar-refractivity contribution in [1.82, 2.24) is 0 Å². The molecular weight excluding hydrogens is 404 g/mol. The van der Waals surface area contributed by atoms with Gasteiger partial charge in [0.1, 0.15) is 5.75 Å². The second-order valence-corrected chi connectivity index (χ2v) is 10.1. The van der Waals surface area contributed by atoms with Crippen LogP contribution in [0.15, 0.2) is 18.2 Å². The average molecular weight is 461 g/mol. The van der Waals surface area contributed by atoms with Crippen molar-refractivity contribution >= 4 is 0 Å². The quantitative estimate of drug-likeness (QED) is 0.165. The van der Waals surface area contributed by atoms with Crippen molar-refractivity contribution in [3.63, 3.8) is 0 Å². The molecule has 1 aromatic carbocycles. The van der Waals surface area contributed by atoms with E-state index in [9.17, 15) is 5.11 Å². The van der Waals surface area contributed by atoms with Gasteiger partial charge in [-0.15, -0.1) is 0 Å². The van der Waals surface area contributed by atoms with E-state index in [4.69, 9.17) is 4.74 Å². The van der Waals surface area contributed by atoms with E-state index in [2.05, 4.69) is 26.8 Å². The fourth-order valence-corrected chi connectivity index (χ4v) is 4.78. The number of hydrogen-bond acceptors (Lipinski definition) is 2. The van der Waals surface area contributed by atoms with Crippen LogP contribution in [0.3, 0.4) is 0 Å². The highest BCUT2D eigenvalue weighted by molar-refractivity contribution is 5.36. The minimum absolute atomic E-state index is 0.180. The molecule has 1 rings (SSSR count). The fraction of sp³-hybridized carbons (Fsp3) is 0.806. The van der Waals surface area contributed by atoms with Gasteiger partial charge >= 0.3 is 0 Å². The van der Waals surface area contributed by atoms with Gasteiger partial charge in [-0.2, -0.15) is 0 Å². The second-order valence-electron chi connectivity index (χ2n) is 10.1. The molecule has 0 heterocycles. The highest BCUT2D eigenvalue weighted by Crippen LogP contribution is 2.30. The van der Waals surface area contributed by atoms with Crippen LogP contribution in [0.25, 0.3) is 0 Å². The summed E-state index contributed by atoms with van der Waals surface area (Å²) >= 11 is 0. The Morgan fingerprint density at radius 3 is 1.67 bits per heavy atom. The van der Waals surface area contributed by atoms with E-state index in [1.165, 1.54) is 114 Å². The van der Waals surface area contributed by atoms with Gasteiger partial charge in [0.25, 0.3) is 0 Å². The van der Waals surface area contributed by atoms with Crippen molar-refractivity contribution in [3.05, 3.63) is 29.3 Å². The smallest absolute Gasteiger partial charge is 0.115 e. The Morgan fingerprint density at radius 1 is 0.636 bits per heavy atom. The summed E-state index contributed by atoms with van der Waals surface area (Å²) < 4.78 is 6.28. The van der Waals surface area contributed by atoms with Crippen molar-refractivity contribution in [3.8, 4) is 5.75 Å². The average Bonchev–Trinajstić information content (AvgIpc) is 2.82. The summed E-state index contributed by atoms with van der Waals surface area (Å²) in [6.07, 6.45) is 26.7. The monoisotopic (exact) mass is 460 g/mol. The third kappa shape index (κ3) is 15.5. The van der Waals surface area contributed by atoms with Gasteiger partial charge in [0.15, 0.2) is 0 Å². The van der Waals surface area contributed by atoms with Crippen molar-refractivity contribution in [2.75, 3.05) is 6.61 Å². The topological polar surface area (TPSA) is 29.5 Å². The third-order valence-corrected chi connectivity index (χ3v) is 6.87. The molecule has 0 spiro atoms. The molecule has 0 fully saturated rings. The zero-order chi connectivity index (χ0) is 24.0. The highest BCUT2D eigenvalue weighted by Gasteiger charge is 2.16. The van der Waals surface area contributed by atoms with Gasteiger partial charge in [-0.3, -0.25) is 0 Å². The molecule has 0 saturated heterocycles. The van der Waals surface area contributed by atoms with Crippen LogP contribution in [-0.2, 0) is 11.2 Å². The summed E-state index contributed by atoms with van der Waals surface area (Å²) in [6.45, 7) is 7.51. The van der Waals surface area contributed by atoms with E-state index in [0.717, 1.165) is 32.3 Å². The number of ether oxygens (including phenoxy) is 1. The molecule has 0 amide bonds. The molecule has 1 atom stereocenters. The standard InChI is InChI=1S/C31H56O2/c1-4-7-9-10-11-12-13-14-15-16-17-18-19-20-21-23-31(33-26-6-3)30-25-24-29(32)27-28(30)22-8-5-2/h24-25,27,31-32H,4-23,26H2,1-3H3. The highest BCUT2D eigenvalue weighted by atomic mass is 16.5. The number of rotatable bonds is 23. The van der Waals surface area contributed by atoms with Gasteiger partial charge in [0.2, 0.25) is 0 Å². The van der Waals surface area contributed by atoms with Crippen LogP contribution in [0.4, 0.5) is 0 Å². The van der Waals surface area contributed by atoms with E-state index in [1.54, 1.807) is 0 Å². The summed E-state index contributed by atoms with van der Waals surface area (Å²) in [4.78, 5) is 0. The Morgan fingerprint density at radius 2 is 1.15 bits per heavy atom. The lowest BCUT2D eigenvalue weighted by atomic mass is 9.94. The Balaban J connectivity index is 2.19. The van der Waals surface area contributed by atoms with Gasteiger partial charge < -0.3 is 9.84 Å². The summed E-state index contributed by atoms with van der Waals surface area (Å²) in [7, 11) is 0. The Bertz CT molecular complexity index is 554. The summed E-state index contributed by atoms with van der Waals surface area (Å²) in [5.41, 5.74) is 2.58. The molecule has 0 aliphatic carbocycles. The first kappa shape index (κ1) is 30.0. The Hall–Kier alpha value is -1.02. The van der Waals surface area contributed by atoms with Crippen LogP contribution < -0.4 is 0 Å². The minimum atomic E-state index is 0.180. The molecule has 0 aliphatic rings. The van der Waals surface area contributed by atoms with Gasteiger partial charge in [-0.05, 0) is 48.9 Å². The van der Waals surface area contributed by atoms with Gasteiger partial charge in [-0.25, -0.2) is 0 Å². The van der Waals surface area contributed by atoms with Crippen LogP contribution in [0.5, 0.6) is 5.75 Å². The molecule has 0 aromatic heterocycles. The molecule has 0 saturated carbocycles. The predicted octanol–water partition coefficient (Wildman–Crippen LogP) is 10.5. The summed E-state index contributed by atoms with van der Waals surface area (Å²) in [6, 6.07) is 5.89. The number of phenols is 1. The number of benzene rings is 1. The molecule has 2 heteroatoms. The van der Waals surface area contributed by atoms with E-state index >= 15 is 0 Å². The zero-order valence-electron chi connectivity index (χ0n) is 22.5. The summed E-state index contributed by atoms with van der Waals surface area (Å²) in [5, 5.41) is 9.97. The van der Waals surface area contributed by atoms with Crippen LogP contribution in [0.2, 0.25) is 0 Å². The van der Waals surface area contributed by atoms with E-state index in [0.29, 0.717) is 5.75 Å². The minimum Gasteiger partial charge on any atom is -0.508 e. The first-order valence-electron chi connectivity index (χ1n) is 14.7. The van der Waals surface area contributed by atoms with Crippen molar-refractivity contribution < 1.29 is 9.84 Å². The molecule has 192 valence electrons. The maximum atomic E-state index is 9.97. The largest absolute Gasteiger partial charge is 0.508 e. The lowest BCUT2D eigenvalue weighted by molar-refractivity contribution is 0.0445. The molecule has 33 heavy (non-hydrogen) atoms. The molecule has 1 N–H and O–H groups in total. The van der Waals surface area contributed by atoms with Crippen LogP contribution in [-0.4, -0.2) is 11.7 Å². The van der Waals surface area contributed by atoms with Gasteiger partial charge in [0.05, 0.1) is 6.10 Å². The molecule has 2 nitrogen and oxygen atoms in total. The second kappa shape index (κ2) is 21.5. The van der Waals surface area contributed by atoms with Crippen LogP contribution >= 0.6 is 0 Å². The van der Waals surface area contributed by atoms with E-state index in [-0.39, 0.29) is 6.10 Å². The summed E-state index contributed by atoms with van der Waals surface area (Å²) in [5.74, 6) is 0.381. The SMILES string of the molecule is CCCCCCCCCCCCCCCCCC(OCCC)c1ccc(O)cc1CCCC. The normalized spacial score (nSPS) is 12.3. The van der Waals surface area contributed by atoms with Crippen LogP contribution in [0, 0.1) is 0 Å². The van der Waals surface area contributed by atoms with Crippen molar-refractivity contribution in [1.29, 1.82) is 0 Å². The predicted molar refractivity (Wildman–Crippen MR) is 145 cm³/mol. The number of unbranched alkanes of at least 4 members (excludes halogenated alkanes) is 15. The number of hydrogen-bond donors (Lipinski definition) is 1. The number of aromatic hydroxyl groups is 1. The van der Waals surface area contributed by atoms with E-state index in [1.807, 2.05) is 12.1 Å². The lowest BCUT2D eigenvalue weighted by Gasteiger charge is -2.21. The molecule has 0 radical (unpaired) electrons. The number of phenolic OH excluding ortho intramolecular Hbond substituents is 1. The maximum absolute atomic E-state index is 9.97.